The quantitative estimate of drug-likeness (QED) is 0.193. The topological polar surface area (TPSA) is 48.0 Å². The molecule has 1 aliphatic heterocycles. The van der Waals surface area contributed by atoms with Crippen LogP contribution in [-0.2, 0) is 4.79 Å². The molecular weight excluding hydrogens is 454 g/mol. The van der Waals surface area contributed by atoms with Crippen molar-refractivity contribution in [1.82, 2.24) is 4.90 Å². The number of amides is 1. The van der Waals surface area contributed by atoms with Crippen LogP contribution < -0.4 is 14.2 Å². The van der Waals surface area contributed by atoms with Crippen molar-refractivity contribution < 1.29 is 19.0 Å². The molecule has 8 heteroatoms. The zero-order chi connectivity index (χ0) is 22.2. The third kappa shape index (κ3) is 6.03. The Kier molecular flexibility index (Phi) is 8.40. The molecule has 1 saturated heterocycles. The van der Waals surface area contributed by atoms with Gasteiger partial charge in [0.15, 0.2) is 11.5 Å². The molecule has 0 bridgehead atoms. The van der Waals surface area contributed by atoms with E-state index < -0.39 is 0 Å². The molecule has 0 atom stereocenters. The van der Waals surface area contributed by atoms with Crippen molar-refractivity contribution in [1.29, 1.82) is 0 Å². The molecular formula is C23H22ClNO4S2. The van der Waals surface area contributed by atoms with Gasteiger partial charge in [-0.1, -0.05) is 53.8 Å². The fraction of sp³-hybridized carbons (Fsp3) is 0.217. The van der Waals surface area contributed by atoms with Gasteiger partial charge in [0, 0.05) is 23.6 Å². The van der Waals surface area contributed by atoms with Crippen LogP contribution in [0, 0.1) is 0 Å². The first-order valence-corrected chi connectivity index (χ1v) is 11.2. The van der Waals surface area contributed by atoms with Gasteiger partial charge in [-0.15, -0.1) is 6.58 Å². The van der Waals surface area contributed by atoms with Crippen LogP contribution in [0.3, 0.4) is 0 Å². The van der Waals surface area contributed by atoms with E-state index in [1.807, 2.05) is 24.3 Å². The van der Waals surface area contributed by atoms with E-state index in [1.54, 1.807) is 37.5 Å². The summed E-state index contributed by atoms with van der Waals surface area (Å²) in [7, 11) is 1.61. The summed E-state index contributed by atoms with van der Waals surface area (Å²) in [4.78, 5) is 14.6. The number of thiocarbonyl (C=S) groups is 1. The molecule has 1 fully saturated rings. The van der Waals surface area contributed by atoms with Gasteiger partial charge >= 0.3 is 0 Å². The smallest absolute Gasteiger partial charge is 0.266 e. The third-order valence-electron chi connectivity index (χ3n) is 4.32. The highest BCUT2D eigenvalue weighted by atomic mass is 35.5. The van der Waals surface area contributed by atoms with E-state index in [1.165, 1.54) is 16.7 Å². The summed E-state index contributed by atoms with van der Waals surface area (Å²) in [5.41, 5.74) is 0.720. The normalized spacial score (nSPS) is 14.8. The second kappa shape index (κ2) is 11.2. The lowest BCUT2D eigenvalue weighted by Gasteiger charge is -2.12. The van der Waals surface area contributed by atoms with E-state index in [-0.39, 0.29) is 5.91 Å². The number of hydrogen-bond acceptors (Lipinski definition) is 6. The Morgan fingerprint density at radius 1 is 1.13 bits per heavy atom. The molecule has 0 unspecified atom stereocenters. The highest BCUT2D eigenvalue weighted by Crippen LogP contribution is 2.35. The fourth-order valence-electron chi connectivity index (χ4n) is 2.85. The van der Waals surface area contributed by atoms with Crippen LogP contribution >= 0.6 is 35.6 Å². The minimum absolute atomic E-state index is 0.147. The van der Waals surface area contributed by atoms with Crippen LogP contribution in [-0.4, -0.2) is 42.0 Å². The van der Waals surface area contributed by atoms with Crippen LogP contribution in [0.15, 0.2) is 60.0 Å². The van der Waals surface area contributed by atoms with E-state index >= 15 is 0 Å². The number of benzene rings is 2. The van der Waals surface area contributed by atoms with Gasteiger partial charge in [-0.25, -0.2) is 0 Å². The summed E-state index contributed by atoms with van der Waals surface area (Å²) in [5.74, 6) is 1.87. The Bertz CT molecular complexity index is 1010. The summed E-state index contributed by atoms with van der Waals surface area (Å²) in [6.07, 6.45) is 4.07. The van der Waals surface area contributed by atoms with Gasteiger partial charge in [-0.05, 0) is 36.4 Å². The van der Waals surface area contributed by atoms with E-state index in [9.17, 15) is 4.79 Å². The molecule has 0 saturated carbocycles. The van der Waals surface area contributed by atoms with Gasteiger partial charge in [0.05, 0.1) is 25.2 Å². The molecule has 31 heavy (non-hydrogen) atoms. The first-order chi connectivity index (χ1) is 15.0. The lowest BCUT2D eigenvalue weighted by Crippen LogP contribution is -2.27. The van der Waals surface area contributed by atoms with E-state index in [0.29, 0.717) is 57.7 Å². The van der Waals surface area contributed by atoms with Crippen molar-refractivity contribution >= 4 is 51.9 Å². The average Bonchev–Trinajstić information content (AvgIpc) is 3.03. The molecule has 162 valence electrons. The molecule has 2 aromatic rings. The second-order valence-electron chi connectivity index (χ2n) is 6.46. The first-order valence-electron chi connectivity index (χ1n) is 9.58. The van der Waals surface area contributed by atoms with E-state index in [0.717, 1.165) is 5.56 Å². The molecule has 0 aromatic heterocycles. The van der Waals surface area contributed by atoms with Crippen molar-refractivity contribution in [2.45, 2.75) is 6.42 Å². The summed E-state index contributed by atoms with van der Waals surface area (Å²) in [6.45, 7) is 4.97. The van der Waals surface area contributed by atoms with Crippen molar-refractivity contribution in [3.63, 3.8) is 0 Å². The number of halogens is 1. The largest absolute Gasteiger partial charge is 0.493 e. The van der Waals surface area contributed by atoms with Gasteiger partial charge in [-0.3, -0.25) is 9.69 Å². The molecule has 1 heterocycles. The third-order valence-corrected chi connectivity index (χ3v) is 5.93. The van der Waals surface area contributed by atoms with Crippen molar-refractivity contribution in [2.24, 2.45) is 0 Å². The van der Waals surface area contributed by atoms with Crippen molar-refractivity contribution in [3.8, 4) is 17.2 Å². The standard InChI is InChI=1S/C23H22ClNO4S2/c1-3-11-25-22(26)21(31-23(25)30)15-16-14-17(24)9-10-18(16)28-12-6-13-29-20-8-5-4-7-19(20)27-2/h3-5,7-10,14-15H,1,6,11-13H2,2H3. The Morgan fingerprint density at radius 3 is 2.55 bits per heavy atom. The van der Waals surface area contributed by atoms with Gasteiger partial charge in [0.2, 0.25) is 0 Å². The number of hydrogen-bond donors (Lipinski definition) is 0. The Balaban J connectivity index is 1.62. The lowest BCUT2D eigenvalue weighted by molar-refractivity contribution is -0.121. The van der Waals surface area contributed by atoms with Gasteiger partial charge in [0.1, 0.15) is 10.1 Å². The predicted octanol–water partition coefficient (Wildman–Crippen LogP) is 5.58. The zero-order valence-electron chi connectivity index (χ0n) is 17.0. The Hall–Kier alpha value is -2.48. The lowest BCUT2D eigenvalue weighted by atomic mass is 10.2. The summed E-state index contributed by atoms with van der Waals surface area (Å²) < 4.78 is 17.5. The number of carbonyl (C=O) groups is 1. The van der Waals surface area contributed by atoms with Gasteiger partial charge in [-0.2, -0.15) is 0 Å². The van der Waals surface area contributed by atoms with Gasteiger partial charge in [0.25, 0.3) is 5.91 Å². The molecule has 0 N–H and O–H groups in total. The minimum Gasteiger partial charge on any atom is -0.493 e. The Labute approximate surface area is 196 Å². The molecule has 2 aromatic carbocycles. The minimum atomic E-state index is -0.147. The number of rotatable bonds is 10. The average molecular weight is 476 g/mol. The maximum Gasteiger partial charge on any atom is 0.266 e. The van der Waals surface area contributed by atoms with Crippen LogP contribution in [0.1, 0.15) is 12.0 Å². The van der Waals surface area contributed by atoms with Crippen LogP contribution in [0.4, 0.5) is 0 Å². The van der Waals surface area contributed by atoms with Gasteiger partial charge < -0.3 is 14.2 Å². The highest BCUT2D eigenvalue weighted by Gasteiger charge is 2.31. The maximum absolute atomic E-state index is 12.6. The first kappa shape index (κ1) is 23.2. The number of nitrogens with zero attached hydrogens (tertiary/aromatic N) is 1. The molecule has 5 nitrogen and oxygen atoms in total. The summed E-state index contributed by atoms with van der Waals surface area (Å²) in [6, 6.07) is 12.8. The summed E-state index contributed by atoms with van der Waals surface area (Å²) in [5, 5.41) is 0.555. The zero-order valence-corrected chi connectivity index (χ0v) is 19.4. The van der Waals surface area contributed by atoms with Crippen molar-refractivity contribution in [2.75, 3.05) is 26.9 Å². The Morgan fingerprint density at radius 2 is 1.84 bits per heavy atom. The molecule has 0 spiro atoms. The number of carbonyl (C=O) groups excluding carboxylic acids is 1. The monoisotopic (exact) mass is 475 g/mol. The van der Waals surface area contributed by atoms with E-state index in [4.69, 9.17) is 38.0 Å². The fourth-order valence-corrected chi connectivity index (χ4v) is 4.30. The number of para-hydroxylation sites is 2. The van der Waals surface area contributed by atoms with Crippen LogP contribution in [0.5, 0.6) is 17.2 Å². The molecule has 0 radical (unpaired) electrons. The molecule has 1 aliphatic rings. The van der Waals surface area contributed by atoms with E-state index in [2.05, 4.69) is 6.58 Å². The molecule has 1 amide bonds. The van der Waals surface area contributed by atoms with Crippen LogP contribution in [0.2, 0.25) is 5.02 Å². The molecule has 0 aliphatic carbocycles. The van der Waals surface area contributed by atoms with Crippen LogP contribution in [0.25, 0.3) is 6.08 Å². The SMILES string of the molecule is C=CCN1C(=O)C(=Cc2cc(Cl)ccc2OCCCOc2ccccc2OC)SC1=S. The highest BCUT2D eigenvalue weighted by molar-refractivity contribution is 8.26. The number of methoxy groups -OCH3 is 1. The molecule has 3 rings (SSSR count). The number of thioether (sulfide) groups is 1. The second-order valence-corrected chi connectivity index (χ2v) is 8.58. The summed E-state index contributed by atoms with van der Waals surface area (Å²) >= 11 is 12.7. The maximum atomic E-state index is 12.6. The number of ether oxygens (including phenoxy) is 3. The predicted molar refractivity (Wildman–Crippen MR) is 130 cm³/mol. The van der Waals surface area contributed by atoms with Crippen molar-refractivity contribution in [3.05, 3.63) is 70.6 Å².